The fourth-order valence-corrected chi connectivity index (χ4v) is 2.83. The van der Waals surface area contributed by atoms with Crippen molar-refractivity contribution in [3.63, 3.8) is 0 Å². The standard InChI is InChI=1S/C22H19Br/c1-17(7-8-18-9-15-22(23)16-10-18)19-11-13-21(14-12-19)20-5-3-2-4-6-20/h2-7,9-16H,8H2,1H3/b17-7+. The zero-order chi connectivity index (χ0) is 16.1. The molecule has 0 N–H and O–H groups in total. The largest absolute Gasteiger partial charge is 0.0766 e. The van der Waals surface area contributed by atoms with Gasteiger partial charge in [0.2, 0.25) is 0 Å². The van der Waals surface area contributed by atoms with Gasteiger partial charge in [0.15, 0.2) is 0 Å². The molecule has 0 saturated heterocycles. The lowest BCUT2D eigenvalue weighted by Gasteiger charge is -2.06. The molecule has 0 aliphatic heterocycles. The molecule has 0 saturated carbocycles. The molecule has 3 aromatic rings. The Morgan fingerprint density at radius 1 is 0.783 bits per heavy atom. The summed E-state index contributed by atoms with van der Waals surface area (Å²) in [4.78, 5) is 0. The zero-order valence-electron chi connectivity index (χ0n) is 13.2. The molecule has 3 aromatic carbocycles. The van der Waals surface area contributed by atoms with Crippen LogP contribution in [-0.4, -0.2) is 0 Å². The van der Waals surface area contributed by atoms with Crippen LogP contribution in [0.1, 0.15) is 18.1 Å². The molecule has 3 rings (SSSR count). The molecular weight excluding hydrogens is 344 g/mol. The van der Waals surface area contributed by atoms with E-state index in [2.05, 4.69) is 102 Å². The summed E-state index contributed by atoms with van der Waals surface area (Å²) in [6.45, 7) is 2.18. The highest BCUT2D eigenvalue weighted by atomic mass is 79.9. The average molecular weight is 363 g/mol. The van der Waals surface area contributed by atoms with Gasteiger partial charge in [-0.25, -0.2) is 0 Å². The van der Waals surface area contributed by atoms with Crippen molar-refractivity contribution in [1.82, 2.24) is 0 Å². The summed E-state index contributed by atoms with van der Waals surface area (Å²) in [6, 6.07) is 27.8. The summed E-state index contributed by atoms with van der Waals surface area (Å²) in [5, 5.41) is 0. The van der Waals surface area contributed by atoms with Crippen LogP contribution >= 0.6 is 15.9 Å². The van der Waals surface area contributed by atoms with Gasteiger partial charge in [-0.1, -0.05) is 88.7 Å². The van der Waals surface area contributed by atoms with Gasteiger partial charge >= 0.3 is 0 Å². The quantitative estimate of drug-likeness (QED) is 0.480. The van der Waals surface area contributed by atoms with Gasteiger partial charge in [0.25, 0.3) is 0 Å². The monoisotopic (exact) mass is 362 g/mol. The van der Waals surface area contributed by atoms with Gasteiger partial charge in [-0.05, 0) is 53.3 Å². The van der Waals surface area contributed by atoms with Crippen molar-refractivity contribution in [3.8, 4) is 11.1 Å². The van der Waals surface area contributed by atoms with Crippen LogP contribution in [0.5, 0.6) is 0 Å². The fourth-order valence-electron chi connectivity index (χ4n) is 2.57. The lowest BCUT2D eigenvalue weighted by atomic mass is 10.00. The van der Waals surface area contributed by atoms with E-state index in [1.54, 1.807) is 0 Å². The molecule has 0 amide bonds. The molecule has 0 aliphatic carbocycles. The summed E-state index contributed by atoms with van der Waals surface area (Å²) < 4.78 is 1.12. The lowest BCUT2D eigenvalue weighted by molar-refractivity contribution is 1.26. The topological polar surface area (TPSA) is 0 Å². The highest BCUT2D eigenvalue weighted by Crippen LogP contribution is 2.22. The summed E-state index contributed by atoms with van der Waals surface area (Å²) >= 11 is 3.47. The van der Waals surface area contributed by atoms with Gasteiger partial charge in [-0.15, -0.1) is 0 Å². The molecule has 0 aromatic heterocycles. The van der Waals surface area contributed by atoms with Crippen molar-refractivity contribution in [2.24, 2.45) is 0 Å². The van der Waals surface area contributed by atoms with Gasteiger partial charge in [-0.2, -0.15) is 0 Å². The van der Waals surface area contributed by atoms with Crippen molar-refractivity contribution in [2.45, 2.75) is 13.3 Å². The van der Waals surface area contributed by atoms with Crippen LogP contribution in [0.2, 0.25) is 0 Å². The minimum atomic E-state index is 0.958. The number of rotatable bonds is 4. The van der Waals surface area contributed by atoms with E-state index < -0.39 is 0 Å². The van der Waals surface area contributed by atoms with E-state index in [-0.39, 0.29) is 0 Å². The van der Waals surface area contributed by atoms with Crippen LogP contribution in [0.4, 0.5) is 0 Å². The second-order valence-electron chi connectivity index (χ2n) is 5.66. The van der Waals surface area contributed by atoms with E-state index in [1.807, 2.05) is 6.07 Å². The van der Waals surface area contributed by atoms with Gasteiger partial charge in [-0.3, -0.25) is 0 Å². The third kappa shape index (κ3) is 4.20. The van der Waals surface area contributed by atoms with Crippen LogP contribution in [0.3, 0.4) is 0 Å². The molecule has 23 heavy (non-hydrogen) atoms. The molecule has 0 radical (unpaired) electrons. The molecule has 1 heteroatoms. The molecule has 0 heterocycles. The van der Waals surface area contributed by atoms with E-state index >= 15 is 0 Å². The van der Waals surface area contributed by atoms with Crippen molar-refractivity contribution >= 4 is 21.5 Å². The Morgan fingerprint density at radius 3 is 2.04 bits per heavy atom. The predicted octanol–water partition coefficient (Wildman–Crippen LogP) is 6.76. The average Bonchev–Trinajstić information content (AvgIpc) is 2.62. The SMILES string of the molecule is C/C(=C\Cc1ccc(Br)cc1)c1ccc(-c2ccccc2)cc1. The number of allylic oxidation sites excluding steroid dienone is 2. The molecular formula is C22H19Br. The minimum Gasteiger partial charge on any atom is -0.0766 e. The maximum absolute atomic E-state index is 3.47. The Kier molecular flexibility index (Phi) is 5.09. The summed E-state index contributed by atoms with van der Waals surface area (Å²) in [7, 11) is 0. The highest BCUT2D eigenvalue weighted by molar-refractivity contribution is 9.10. The molecule has 0 spiro atoms. The Hall–Kier alpha value is -2.12. The smallest absolute Gasteiger partial charge is 0.0175 e. The normalized spacial score (nSPS) is 11.5. The Labute approximate surface area is 146 Å². The maximum atomic E-state index is 3.47. The second-order valence-corrected chi connectivity index (χ2v) is 6.58. The number of benzene rings is 3. The number of hydrogen-bond acceptors (Lipinski definition) is 0. The molecule has 0 bridgehead atoms. The van der Waals surface area contributed by atoms with Crippen LogP contribution in [0.15, 0.2) is 89.4 Å². The van der Waals surface area contributed by atoms with E-state index in [9.17, 15) is 0 Å². The van der Waals surface area contributed by atoms with E-state index in [0.717, 1.165) is 10.9 Å². The van der Waals surface area contributed by atoms with Crippen molar-refractivity contribution in [1.29, 1.82) is 0 Å². The van der Waals surface area contributed by atoms with Crippen molar-refractivity contribution in [3.05, 3.63) is 101 Å². The summed E-state index contributed by atoms with van der Waals surface area (Å²) in [5.41, 5.74) is 6.44. The zero-order valence-corrected chi connectivity index (χ0v) is 14.8. The lowest BCUT2D eigenvalue weighted by Crippen LogP contribution is -1.85. The van der Waals surface area contributed by atoms with E-state index in [4.69, 9.17) is 0 Å². The highest BCUT2D eigenvalue weighted by Gasteiger charge is 1.99. The molecule has 0 nitrogen and oxygen atoms in total. The van der Waals surface area contributed by atoms with Crippen LogP contribution < -0.4 is 0 Å². The fraction of sp³-hybridized carbons (Fsp3) is 0.0909. The van der Waals surface area contributed by atoms with Gasteiger partial charge in [0.05, 0.1) is 0 Å². The molecule has 0 aliphatic rings. The van der Waals surface area contributed by atoms with Gasteiger partial charge in [0.1, 0.15) is 0 Å². The molecule has 0 unspecified atom stereocenters. The van der Waals surface area contributed by atoms with Crippen LogP contribution in [0.25, 0.3) is 16.7 Å². The molecule has 114 valence electrons. The van der Waals surface area contributed by atoms with Crippen LogP contribution in [-0.2, 0) is 6.42 Å². The predicted molar refractivity (Wildman–Crippen MR) is 103 cm³/mol. The van der Waals surface area contributed by atoms with Crippen LogP contribution in [0, 0.1) is 0 Å². The Morgan fingerprint density at radius 2 is 1.39 bits per heavy atom. The second kappa shape index (κ2) is 7.43. The number of halogens is 1. The molecule has 0 fully saturated rings. The van der Waals surface area contributed by atoms with Gasteiger partial charge < -0.3 is 0 Å². The summed E-state index contributed by atoms with van der Waals surface area (Å²) in [5.74, 6) is 0. The first-order valence-corrected chi connectivity index (χ1v) is 8.59. The van der Waals surface area contributed by atoms with Gasteiger partial charge in [0, 0.05) is 4.47 Å². The summed E-state index contributed by atoms with van der Waals surface area (Å²) in [6.07, 6.45) is 3.25. The van der Waals surface area contributed by atoms with E-state index in [0.29, 0.717) is 0 Å². The first-order chi connectivity index (χ1) is 11.2. The van der Waals surface area contributed by atoms with Crippen molar-refractivity contribution in [2.75, 3.05) is 0 Å². The maximum Gasteiger partial charge on any atom is 0.0175 e. The third-order valence-corrected chi connectivity index (χ3v) is 4.53. The Balaban J connectivity index is 1.73. The first-order valence-electron chi connectivity index (χ1n) is 7.79. The third-order valence-electron chi connectivity index (χ3n) is 4.00. The number of hydrogen-bond donors (Lipinski definition) is 0. The first kappa shape index (κ1) is 15.8. The molecule has 0 atom stereocenters. The van der Waals surface area contributed by atoms with E-state index in [1.165, 1.54) is 27.8 Å². The van der Waals surface area contributed by atoms with Crippen molar-refractivity contribution < 1.29 is 0 Å². The minimum absolute atomic E-state index is 0.958. The Bertz CT molecular complexity index is 782.